The van der Waals surface area contributed by atoms with Gasteiger partial charge in [0.25, 0.3) is 0 Å². The van der Waals surface area contributed by atoms with Gasteiger partial charge in [-0.05, 0) is 101 Å². The van der Waals surface area contributed by atoms with E-state index in [1.54, 1.807) is 57.2 Å². The number of likely N-dealkylation sites (N-methyl/N-ethyl adjacent to an activating group) is 1. The van der Waals surface area contributed by atoms with Gasteiger partial charge in [0.05, 0.1) is 11.0 Å². The minimum atomic E-state index is -3.64. The molecule has 0 radical (unpaired) electrons. The summed E-state index contributed by atoms with van der Waals surface area (Å²) < 4.78 is 48.8. The first-order valence-corrected chi connectivity index (χ1v) is 17.0. The number of sulfonamides is 1. The Kier molecular flexibility index (Phi) is 9.54. The van der Waals surface area contributed by atoms with Gasteiger partial charge in [-0.15, -0.1) is 0 Å². The Morgan fingerprint density at radius 3 is 2.44 bits per heavy atom. The largest absolute Gasteiger partial charge is 0.444 e. The number of fused-ring (bicyclic) bond motifs is 2. The van der Waals surface area contributed by atoms with Crippen molar-refractivity contribution in [2.24, 2.45) is 5.92 Å². The lowest BCUT2D eigenvalue weighted by molar-refractivity contribution is -0.128. The zero-order valence-electron chi connectivity index (χ0n) is 26.3. The molecule has 5 rings (SSSR count). The van der Waals surface area contributed by atoms with Gasteiger partial charge < -0.3 is 15.0 Å². The van der Waals surface area contributed by atoms with Crippen LogP contribution in [0.5, 0.6) is 0 Å². The third-order valence-corrected chi connectivity index (χ3v) is 10.8. The van der Waals surface area contributed by atoms with Crippen LogP contribution in [-0.2, 0) is 26.0 Å². The van der Waals surface area contributed by atoms with Crippen molar-refractivity contribution in [1.82, 2.24) is 19.4 Å². The lowest BCUT2D eigenvalue weighted by Crippen LogP contribution is -2.55. The standard InChI is InChI=1S/C33H42FN5O5S/c1-33(2,3)44-32(41)39-27-11-8-25(19-27)30(39)31(40)36-26(21-35)18-24-7-6-23(20-29(24)34)22-9-12-28(13-10-22)45(42,43)38-15-5-14-37(4)16-17-38/h6-7,9-10,12-13,20,25-27,30H,5,8,11,14-19H2,1-4H3,(H,36,40)/t25-,26-,27+,30-/m0/s1. The van der Waals surface area contributed by atoms with Crippen molar-refractivity contribution >= 4 is 22.0 Å². The first kappa shape index (κ1) is 32.9. The highest BCUT2D eigenvalue weighted by Crippen LogP contribution is 2.43. The van der Waals surface area contributed by atoms with Crippen LogP contribution in [0.3, 0.4) is 0 Å². The summed E-state index contributed by atoms with van der Waals surface area (Å²) in [5, 5.41) is 12.6. The Balaban J connectivity index is 1.24. The average Bonchev–Trinajstić information content (AvgIpc) is 3.53. The molecular weight excluding hydrogens is 597 g/mol. The molecule has 2 saturated heterocycles. The summed E-state index contributed by atoms with van der Waals surface area (Å²) in [6.07, 6.45) is 2.52. The fourth-order valence-electron chi connectivity index (χ4n) is 6.63. The van der Waals surface area contributed by atoms with Crippen LogP contribution in [0.25, 0.3) is 11.1 Å². The minimum absolute atomic E-state index is 0.00897. The fourth-order valence-corrected chi connectivity index (χ4v) is 8.10. The number of halogens is 1. The molecule has 242 valence electrons. The average molecular weight is 640 g/mol. The van der Waals surface area contributed by atoms with Gasteiger partial charge in [0.2, 0.25) is 15.9 Å². The number of carbonyl (C=O) groups is 2. The van der Waals surface area contributed by atoms with Gasteiger partial charge in [-0.25, -0.2) is 17.6 Å². The Morgan fingerprint density at radius 2 is 1.78 bits per heavy atom. The molecule has 10 nitrogen and oxygen atoms in total. The third kappa shape index (κ3) is 7.32. The van der Waals surface area contributed by atoms with E-state index in [4.69, 9.17) is 4.74 Å². The van der Waals surface area contributed by atoms with Crippen LogP contribution < -0.4 is 5.32 Å². The molecule has 0 spiro atoms. The van der Waals surface area contributed by atoms with Crippen molar-refractivity contribution < 1.29 is 27.1 Å². The second-order valence-electron chi connectivity index (χ2n) is 13.3. The molecule has 2 bridgehead atoms. The highest BCUT2D eigenvalue weighted by atomic mass is 32.2. The van der Waals surface area contributed by atoms with Gasteiger partial charge in [0.1, 0.15) is 23.5 Å². The number of nitrogens with one attached hydrogen (secondary N) is 1. The number of carbonyl (C=O) groups excluding carboxylic acids is 2. The predicted molar refractivity (Wildman–Crippen MR) is 167 cm³/mol. The number of nitrogens with zero attached hydrogens (tertiary/aromatic N) is 4. The highest BCUT2D eigenvalue weighted by molar-refractivity contribution is 7.89. The number of piperidine rings is 1. The molecule has 3 fully saturated rings. The zero-order valence-corrected chi connectivity index (χ0v) is 27.1. The van der Waals surface area contributed by atoms with Crippen LogP contribution in [0.2, 0.25) is 0 Å². The molecule has 2 amide bonds. The quantitative estimate of drug-likeness (QED) is 0.483. The normalized spacial score (nSPS) is 23.3. The van der Waals surface area contributed by atoms with Crippen molar-refractivity contribution in [2.45, 2.75) is 81.5 Å². The smallest absolute Gasteiger partial charge is 0.411 e. The predicted octanol–water partition coefficient (Wildman–Crippen LogP) is 4.16. The first-order valence-electron chi connectivity index (χ1n) is 15.6. The monoisotopic (exact) mass is 639 g/mol. The highest BCUT2D eigenvalue weighted by Gasteiger charge is 2.52. The summed E-state index contributed by atoms with van der Waals surface area (Å²) in [5.41, 5.74) is 0.762. The molecule has 2 aromatic carbocycles. The maximum absolute atomic E-state index is 15.3. The van der Waals surface area contributed by atoms with Gasteiger partial charge in [-0.3, -0.25) is 9.69 Å². The van der Waals surface area contributed by atoms with Gasteiger partial charge in [-0.1, -0.05) is 24.3 Å². The summed E-state index contributed by atoms with van der Waals surface area (Å²) in [6.45, 7) is 7.74. The lowest BCUT2D eigenvalue weighted by atomic mass is 9.97. The zero-order chi connectivity index (χ0) is 32.5. The van der Waals surface area contributed by atoms with Crippen LogP contribution >= 0.6 is 0 Å². The van der Waals surface area contributed by atoms with Crippen LogP contribution in [0.4, 0.5) is 9.18 Å². The van der Waals surface area contributed by atoms with Crippen LogP contribution in [0.15, 0.2) is 47.4 Å². The number of ether oxygens (including phenoxy) is 1. The number of rotatable bonds is 7. The van der Waals surface area contributed by atoms with E-state index in [-0.39, 0.29) is 28.8 Å². The first-order chi connectivity index (χ1) is 21.3. The van der Waals surface area contributed by atoms with Crippen LogP contribution in [0.1, 0.15) is 52.0 Å². The van der Waals surface area contributed by atoms with Crippen molar-refractivity contribution in [1.29, 1.82) is 5.26 Å². The molecular formula is C33H42FN5O5S. The van der Waals surface area contributed by atoms with Gasteiger partial charge in [-0.2, -0.15) is 9.57 Å². The fraction of sp³-hybridized carbons (Fsp3) is 0.545. The lowest BCUT2D eigenvalue weighted by Gasteiger charge is -2.35. The number of hydrogen-bond donors (Lipinski definition) is 1. The van der Waals surface area contributed by atoms with Crippen molar-refractivity contribution in [3.05, 3.63) is 53.8 Å². The number of likely N-dealkylation sites (tertiary alicyclic amines) is 1. The molecule has 2 aromatic rings. The number of nitriles is 1. The summed E-state index contributed by atoms with van der Waals surface area (Å²) in [5.74, 6) is -0.980. The van der Waals surface area contributed by atoms with E-state index in [0.717, 1.165) is 25.8 Å². The Labute approximate surface area is 265 Å². The van der Waals surface area contributed by atoms with E-state index in [1.807, 2.05) is 7.05 Å². The summed E-state index contributed by atoms with van der Waals surface area (Å²) in [4.78, 5) is 30.1. The van der Waals surface area contributed by atoms with Crippen LogP contribution in [-0.4, -0.2) is 91.5 Å². The van der Waals surface area contributed by atoms with Crippen LogP contribution in [0, 0.1) is 23.1 Å². The van der Waals surface area contributed by atoms with Crippen molar-refractivity contribution in [3.63, 3.8) is 0 Å². The molecule has 3 aliphatic rings. The molecule has 1 aliphatic carbocycles. The van der Waals surface area contributed by atoms with E-state index >= 15 is 4.39 Å². The number of benzene rings is 2. The summed E-state index contributed by atoms with van der Waals surface area (Å²) in [7, 11) is -1.66. The van der Waals surface area contributed by atoms with E-state index in [2.05, 4.69) is 16.3 Å². The van der Waals surface area contributed by atoms with E-state index in [9.17, 15) is 23.3 Å². The van der Waals surface area contributed by atoms with Gasteiger partial charge in [0.15, 0.2) is 0 Å². The van der Waals surface area contributed by atoms with E-state index in [0.29, 0.717) is 37.2 Å². The molecule has 0 unspecified atom stereocenters. The molecule has 4 atom stereocenters. The molecule has 2 aliphatic heterocycles. The maximum Gasteiger partial charge on any atom is 0.411 e. The van der Waals surface area contributed by atoms with Gasteiger partial charge >= 0.3 is 6.09 Å². The minimum Gasteiger partial charge on any atom is -0.444 e. The molecule has 0 aromatic heterocycles. The molecule has 2 heterocycles. The number of amides is 2. The Bertz CT molecular complexity index is 1570. The molecule has 45 heavy (non-hydrogen) atoms. The van der Waals surface area contributed by atoms with E-state index in [1.165, 1.54) is 15.3 Å². The van der Waals surface area contributed by atoms with E-state index < -0.39 is 45.5 Å². The summed E-state index contributed by atoms with van der Waals surface area (Å²) in [6, 6.07) is 11.3. The summed E-state index contributed by atoms with van der Waals surface area (Å²) >= 11 is 0. The van der Waals surface area contributed by atoms with Gasteiger partial charge in [0, 0.05) is 32.1 Å². The second kappa shape index (κ2) is 13.1. The molecule has 1 saturated carbocycles. The second-order valence-corrected chi connectivity index (χ2v) is 15.3. The Morgan fingerprint density at radius 1 is 1.07 bits per heavy atom. The molecule has 1 N–H and O–H groups in total. The molecule has 12 heteroatoms. The number of hydrogen-bond acceptors (Lipinski definition) is 7. The third-order valence-electron chi connectivity index (χ3n) is 8.91. The van der Waals surface area contributed by atoms with Crippen molar-refractivity contribution in [3.8, 4) is 17.2 Å². The maximum atomic E-state index is 15.3. The topological polar surface area (TPSA) is 123 Å². The Hall–Kier alpha value is -3.53. The van der Waals surface area contributed by atoms with Crippen molar-refractivity contribution in [2.75, 3.05) is 33.2 Å². The SMILES string of the molecule is CN1CCCN(S(=O)(=O)c2ccc(-c3ccc(C[C@@H](C#N)NC(=O)[C@@H]4[C@H]5CC[C@H](C5)N4C(=O)OC(C)(C)C)c(F)c3)cc2)CC1.